The second-order valence-electron chi connectivity index (χ2n) is 9.10. The van der Waals surface area contributed by atoms with E-state index in [9.17, 15) is 4.79 Å². The van der Waals surface area contributed by atoms with Crippen LogP contribution in [0.4, 0.5) is 5.82 Å². The monoisotopic (exact) mass is 442 g/mol. The molecule has 2 fully saturated rings. The zero-order valence-electron chi connectivity index (χ0n) is 20.1. The quantitative estimate of drug-likeness (QED) is 0.600. The molecule has 0 spiro atoms. The number of hydrogen-bond donors (Lipinski definition) is 1. The van der Waals surface area contributed by atoms with Gasteiger partial charge in [-0.1, -0.05) is 18.2 Å². The van der Waals surface area contributed by atoms with Crippen molar-refractivity contribution in [2.45, 2.75) is 25.2 Å². The Morgan fingerprint density at radius 2 is 1.91 bits per heavy atom. The summed E-state index contributed by atoms with van der Waals surface area (Å²) in [7, 11) is 2.15. The van der Waals surface area contributed by atoms with Crippen LogP contribution in [-0.4, -0.2) is 58.3 Å². The Balaban J connectivity index is 0.00000153. The van der Waals surface area contributed by atoms with Crippen molar-refractivity contribution in [1.29, 1.82) is 0 Å². The molecule has 5 rings (SSSR count). The predicted molar refractivity (Wildman–Crippen MR) is 124 cm³/mol. The summed E-state index contributed by atoms with van der Waals surface area (Å²) in [6.07, 6.45) is 7.36. The number of aryl methyl sites for hydroxylation is 1. The molecule has 1 unspecified atom stereocenters. The van der Waals surface area contributed by atoms with Crippen molar-refractivity contribution in [2.75, 3.05) is 37.6 Å². The van der Waals surface area contributed by atoms with Crippen molar-refractivity contribution in [3.05, 3.63) is 59.9 Å². The van der Waals surface area contributed by atoms with Gasteiger partial charge in [0.15, 0.2) is 0 Å². The van der Waals surface area contributed by atoms with E-state index in [1.165, 1.54) is 42.2 Å². The van der Waals surface area contributed by atoms with Gasteiger partial charge in [0, 0.05) is 56.5 Å². The number of para-hydroxylation sites is 1. The maximum atomic E-state index is 11.0. The first-order valence-electron chi connectivity index (χ1n) is 11.3. The van der Waals surface area contributed by atoms with E-state index in [1.807, 2.05) is 6.07 Å². The van der Waals surface area contributed by atoms with Gasteiger partial charge in [0.05, 0.1) is 5.56 Å². The van der Waals surface area contributed by atoms with Gasteiger partial charge in [-0.25, -0.2) is 9.78 Å². The number of carbonyl (C=O) groups is 1. The molecular weight excluding hydrogens is 411 g/mol. The average molecular weight is 443 g/mol. The van der Waals surface area contributed by atoms with Crippen LogP contribution in [0.5, 0.6) is 0 Å². The molecule has 2 aliphatic heterocycles. The van der Waals surface area contributed by atoms with E-state index in [0.717, 1.165) is 44.2 Å². The third kappa shape index (κ3) is 4.74. The van der Waals surface area contributed by atoms with Gasteiger partial charge >= 0.3 is 35.5 Å². The molecule has 3 aromatic rings. The number of likely N-dealkylation sites (tertiary alicyclic amines) is 1. The van der Waals surface area contributed by atoms with Gasteiger partial charge in [0.25, 0.3) is 0 Å². The number of carboxylic acids is 1. The fraction of sp³-hybridized carbons (Fsp3) is 0.440. The normalized spacial score (nSPS) is 19.9. The second-order valence-corrected chi connectivity index (χ2v) is 9.10. The average Bonchev–Trinajstić information content (AvgIpc) is 3.39. The number of aromatic nitrogens is 2. The van der Waals surface area contributed by atoms with Gasteiger partial charge in [-0.2, -0.15) is 0 Å². The smallest absolute Gasteiger partial charge is 1.00 e. The van der Waals surface area contributed by atoms with Crippen LogP contribution in [0.2, 0.25) is 0 Å². The first kappa shape index (κ1) is 23.3. The molecule has 0 amide bonds. The van der Waals surface area contributed by atoms with Crippen LogP contribution in [-0.2, 0) is 7.05 Å². The van der Waals surface area contributed by atoms with E-state index in [2.05, 4.69) is 56.9 Å². The molecule has 1 atom stereocenters. The number of benzene rings is 1. The molecular formula is C25H31N4NaO2. The Bertz CT molecular complexity index is 1080. The van der Waals surface area contributed by atoms with E-state index in [4.69, 9.17) is 5.11 Å². The predicted octanol–water partition coefficient (Wildman–Crippen LogP) is 1.09. The number of pyridine rings is 1. The summed E-state index contributed by atoms with van der Waals surface area (Å²) in [5, 5.41) is 10.5. The number of anilines is 1. The fourth-order valence-corrected chi connectivity index (χ4v) is 5.36. The summed E-state index contributed by atoms with van der Waals surface area (Å²) in [5.74, 6) is 1.31. The first-order valence-corrected chi connectivity index (χ1v) is 11.3. The van der Waals surface area contributed by atoms with Gasteiger partial charge in [0.1, 0.15) is 5.82 Å². The second kappa shape index (κ2) is 9.96. The number of piperidine rings is 1. The van der Waals surface area contributed by atoms with Gasteiger partial charge in [-0.3, -0.25) is 0 Å². The zero-order valence-corrected chi connectivity index (χ0v) is 21.1. The molecule has 32 heavy (non-hydrogen) atoms. The molecule has 0 bridgehead atoms. The van der Waals surface area contributed by atoms with Crippen LogP contribution in [0.1, 0.15) is 42.5 Å². The van der Waals surface area contributed by atoms with E-state index < -0.39 is 5.97 Å². The maximum absolute atomic E-state index is 11.0. The molecule has 1 aromatic carbocycles. The third-order valence-electron chi connectivity index (χ3n) is 7.09. The van der Waals surface area contributed by atoms with Crippen LogP contribution in [0.3, 0.4) is 0 Å². The van der Waals surface area contributed by atoms with Crippen molar-refractivity contribution in [3.63, 3.8) is 0 Å². The van der Waals surface area contributed by atoms with Crippen LogP contribution < -0.4 is 34.5 Å². The van der Waals surface area contributed by atoms with Crippen molar-refractivity contribution in [1.82, 2.24) is 14.5 Å². The summed E-state index contributed by atoms with van der Waals surface area (Å²) in [6.45, 7) is 5.51. The molecule has 164 valence electrons. The summed E-state index contributed by atoms with van der Waals surface area (Å²) in [5.41, 5.74) is 3.08. The fourth-order valence-electron chi connectivity index (χ4n) is 5.36. The zero-order chi connectivity index (χ0) is 21.4. The summed E-state index contributed by atoms with van der Waals surface area (Å²) in [6, 6.07) is 12.2. The number of fused-ring (bicyclic) bond motifs is 1. The van der Waals surface area contributed by atoms with Crippen molar-refractivity contribution in [3.8, 4) is 0 Å². The number of carboxylic acid groups (broad SMARTS) is 1. The molecule has 1 N–H and O–H groups in total. The molecule has 0 saturated carbocycles. The van der Waals surface area contributed by atoms with Crippen LogP contribution in [0.15, 0.2) is 48.8 Å². The van der Waals surface area contributed by atoms with Crippen molar-refractivity contribution >= 4 is 22.7 Å². The van der Waals surface area contributed by atoms with Crippen LogP contribution in [0.25, 0.3) is 10.9 Å². The van der Waals surface area contributed by atoms with E-state index in [0.29, 0.717) is 5.92 Å². The molecule has 0 aliphatic carbocycles. The number of rotatable bonds is 5. The minimum atomic E-state index is -0.926. The molecule has 4 heterocycles. The summed E-state index contributed by atoms with van der Waals surface area (Å²) >= 11 is 0. The van der Waals surface area contributed by atoms with E-state index in [1.54, 1.807) is 6.07 Å². The largest absolute Gasteiger partial charge is 1.00 e. The minimum Gasteiger partial charge on any atom is -1.00 e. The van der Waals surface area contributed by atoms with Crippen LogP contribution in [0, 0.1) is 5.92 Å². The molecule has 2 aliphatic rings. The van der Waals surface area contributed by atoms with Gasteiger partial charge in [0.2, 0.25) is 0 Å². The van der Waals surface area contributed by atoms with Gasteiger partial charge < -0.3 is 20.9 Å². The van der Waals surface area contributed by atoms with Crippen LogP contribution >= 0.6 is 0 Å². The topological polar surface area (TPSA) is 61.6 Å². The molecule has 7 heteroatoms. The van der Waals surface area contributed by atoms with Crippen molar-refractivity contribution < 1.29 is 40.9 Å². The Morgan fingerprint density at radius 3 is 2.62 bits per heavy atom. The summed E-state index contributed by atoms with van der Waals surface area (Å²) < 4.78 is 2.26. The molecule has 2 saturated heterocycles. The Morgan fingerprint density at radius 1 is 1.12 bits per heavy atom. The first-order chi connectivity index (χ1) is 15.1. The van der Waals surface area contributed by atoms with Crippen molar-refractivity contribution in [2.24, 2.45) is 13.0 Å². The Kier molecular flexibility index (Phi) is 7.25. The number of hydrogen-bond acceptors (Lipinski definition) is 4. The molecule has 2 aromatic heterocycles. The SMILES string of the molecule is Cn1cc(C2CCN(CC3CCN(c4ccc(C(=O)O)cn4)CC3)C2)c2ccccc21.[H-].[Na+]. The molecule has 0 radical (unpaired) electrons. The molecule has 6 nitrogen and oxygen atoms in total. The van der Waals surface area contributed by atoms with E-state index in [-0.39, 0.29) is 36.5 Å². The number of aromatic carboxylic acids is 1. The van der Waals surface area contributed by atoms with Gasteiger partial charge in [-0.15, -0.1) is 0 Å². The minimum absolute atomic E-state index is 0. The van der Waals surface area contributed by atoms with E-state index >= 15 is 0 Å². The standard InChI is InChI=1S/C25H30N4O2.Na.H/c1-27-17-22(21-4-2-3-5-23(21)27)20-10-11-28(16-20)15-18-8-12-29(13-9-18)24-7-6-19(14-26-24)25(30)31;;/h2-7,14,17-18,20H,8-13,15-16H2,1H3,(H,30,31);;/q;+1;-1. The Labute approximate surface area is 213 Å². The third-order valence-corrected chi connectivity index (χ3v) is 7.09. The van der Waals surface area contributed by atoms with Gasteiger partial charge in [-0.05, 0) is 61.4 Å². The Hall–Kier alpha value is -1.86. The number of nitrogens with zero attached hydrogens (tertiary/aromatic N) is 4. The summed E-state index contributed by atoms with van der Waals surface area (Å²) in [4.78, 5) is 20.3. The maximum Gasteiger partial charge on any atom is 1.00 e.